The Morgan fingerprint density at radius 2 is 1.89 bits per heavy atom. The molecule has 1 aromatic heterocycles. The van der Waals surface area contributed by atoms with Crippen molar-refractivity contribution < 1.29 is 23.0 Å². The number of azo groups is 1. The van der Waals surface area contributed by atoms with Crippen molar-refractivity contribution in [3.8, 4) is 11.6 Å². The number of aromatic amines is 1. The summed E-state index contributed by atoms with van der Waals surface area (Å²) >= 11 is 8.37. The van der Waals surface area contributed by atoms with E-state index >= 15 is 0 Å². The van der Waals surface area contributed by atoms with E-state index in [4.69, 9.17) is 12.2 Å². The Hall–Kier alpha value is -2.66. The Morgan fingerprint density at radius 1 is 1.19 bits per heavy atom. The van der Waals surface area contributed by atoms with Crippen molar-refractivity contribution in [2.75, 3.05) is 5.32 Å². The molecule has 3 rings (SSSR count). The van der Waals surface area contributed by atoms with Crippen LogP contribution in [0, 0.1) is 0 Å². The van der Waals surface area contributed by atoms with Gasteiger partial charge in [0.15, 0.2) is 5.69 Å². The summed E-state index contributed by atoms with van der Waals surface area (Å²) in [7, 11) is 0. The fraction of sp³-hybridized carbons (Fsp3) is 0.0625. The zero-order valence-electron chi connectivity index (χ0n) is 13.2. The lowest BCUT2D eigenvalue weighted by molar-refractivity contribution is -0.274. The van der Waals surface area contributed by atoms with Crippen LogP contribution in [0.4, 0.5) is 24.5 Å². The smallest absolute Gasteiger partial charge is 0.493 e. The molecule has 11 heteroatoms. The topological polar surface area (TPSA) is 82.0 Å². The lowest BCUT2D eigenvalue weighted by Gasteiger charge is -2.08. The van der Waals surface area contributed by atoms with E-state index in [-0.39, 0.29) is 22.1 Å². The summed E-state index contributed by atoms with van der Waals surface area (Å²) in [6, 6.07) is 10.7. The van der Waals surface area contributed by atoms with Crippen LogP contribution in [0.25, 0.3) is 10.9 Å². The first-order chi connectivity index (χ1) is 12.7. The maximum absolute atomic E-state index is 12.4. The second-order valence-corrected chi connectivity index (χ2v) is 6.52. The van der Waals surface area contributed by atoms with Gasteiger partial charge in [0.25, 0.3) is 0 Å². The number of hydrogen-bond donors (Lipinski definition) is 3. The van der Waals surface area contributed by atoms with E-state index in [0.29, 0.717) is 11.2 Å². The number of nitrogens with one attached hydrogen (secondary N) is 2. The minimum atomic E-state index is -4.83. The van der Waals surface area contributed by atoms with E-state index in [9.17, 15) is 18.3 Å². The van der Waals surface area contributed by atoms with Gasteiger partial charge in [-0.3, -0.25) is 0 Å². The first-order valence-electron chi connectivity index (χ1n) is 7.30. The lowest BCUT2D eigenvalue weighted by atomic mass is 10.2. The molecule has 0 aliphatic rings. The van der Waals surface area contributed by atoms with Crippen LogP contribution in [0.1, 0.15) is 0 Å². The van der Waals surface area contributed by atoms with Crippen molar-refractivity contribution in [2.45, 2.75) is 6.36 Å². The highest BCUT2D eigenvalue weighted by atomic mass is 79.9. The average Bonchev–Trinajstić information content (AvgIpc) is 2.88. The number of aromatic nitrogens is 1. The first kappa shape index (κ1) is 19.1. The maximum Gasteiger partial charge on any atom is 0.573 e. The van der Waals surface area contributed by atoms with Gasteiger partial charge in [0.05, 0.1) is 5.52 Å². The summed E-state index contributed by atoms with van der Waals surface area (Å²) in [6.07, 6.45) is -4.83. The molecule has 0 bridgehead atoms. The molecule has 0 radical (unpaired) electrons. The minimum Gasteiger partial charge on any atom is -0.493 e. The second-order valence-electron chi connectivity index (χ2n) is 5.21. The predicted octanol–water partition coefficient (Wildman–Crippen LogP) is 6.02. The number of nitrogens with zero attached hydrogens (tertiary/aromatic N) is 2. The number of hydrogen-bond acceptors (Lipinski definition) is 4. The molecule has 0 aliphatic carbocycles. The molecule has 140 valence electrons. The van der Waals surface area contributed by atoms with Crippen LogP contribution in [0.3, 0.4) is 0 Å². The number of thiocarbonyl (C=S) groups is 1. The van der Waals surface area contributed by atoms with Crippen LogP contribution in [0.2, 0.25) is 0 Å². The predicted molar refractivity (Wildman–Crippen MR) is 102 cm³/mol. The highest BCUT2D eigenvalue weighted by Crippen LogP contribution is 2.38. The van der Waals surface area contributed by atoms with E-state index in [1.54, 1.807) is 24.3 Å². The minimum absolute atomic E-state index is 0.00812. The number of ether oxygens (including phenoxy) is 1. The molecule has 6 nitrogen and oxygen atoms in total. The fourth-order valence-electron chi connectivity index (χ4n) is 2.22. The van der Waals surface area contributed by atoms with Crippen LogP contribution >= 0.6 is 28.1 Å². The van der Waals surface area contributed by atoms with E-state index in [1.807, 2.05) is 0 Å². The van der Waals surface area contributed by atoms with Gasteiger partial charge in [-0.05, 0) is 54.7 Å². The number of aromatic hydroxyl groups is 1. The van der Waals surface area contributed by atoms with Crippen molar-refractivity contribution in [3.05, 3.63) is 46.9 Å². The Balaban J connectivity index is 1.83. The van der Waals surface area contributed by atoms with Crippen molar-refractivity contribution in [1.29, 1.82) is 0 Å². The molecule has 1 heterocycles. The second kappa shape index (κ2) is 7.53. The van der Waals surface area contributed by atoms with Gasteiger partial charge in [-0.2, -0.15) is 0 Å². The van der Waals surface area contributed by atoms with Crippen LogP contribution in [0.15, 0.2) is 57.2 Å². The Kier molecular flexibility index (Phi) is 5.33. The highest BCUT2D eigenvalue weighted by Gasteiger charge is 2.31. The standard InChI is InChI=1S/C16H10BrF3N4O2S/c17-8-1-3-9(4-2-8)21-15(27)24-23-13-11-7-10(26-16(18,19)20)5-6-12(11)22-14(13)25/h1-7,22,25H,(H,21,27). The van der Waals surface area contributed by atoms with Crippen LogP contribution in [-0.2, 0) is 0 Å². The highest BCUT2D eigenvalue weighted by molar-refractivity contribution is 9.10. The summed E-state index contributed by atoms with van der Waals surface area (Å²) in [6.45, 7) is 0. The first-order valence-corrected chi connectivity index (χ1v) is 8.50. The summed E-state index contributed by atoms with van der Waals surface area (Å²) in [5.41, 5.74) is 0.978. The van der Waals surface area contributed by atoms with E-state index in [2.05, 4.69) is 41.2 Å². The zero-order valence-corrected chi connectivity index (χ0v) is 15.6. The van der Waals surface area contributed by atoms with Gasteiger partial charge in [0, 0.05) is 15.5 Å². The van der Waals surface area contributed by atoms with Gasteiger partial charge in [0.1, 0.15) is 5.75 Å². The number of benzene rings is 2. The van der Waals surface area contributed by atoms with E-state index < -0.39 is 12.1 Å². The largest absolute Gasteiger partial charge is 0.573 e. The van der Waals surface area contributed by atoms with E-state index in [0.717, 1.165) is 16.6 Å². The average molecular weight is 459 g/mol. The van der Waals surface area contributed by atoms with Gasteiger partial charge in [-0.25, -0.2) is 0 Å². The maximum atomic E-state index is 12.4. The fourth-order valence-corrected chi connectivity index (χ4v) is 2.64. The summed E-state index contributed by atoms with van der Waals surface area (Å²) in [4.78, 5) is 2.59. The molecule has 3 aromatic rings. The Morgan fingerprint density at radius 3 is 2.56 bits per heavy atom. The van der Waals surface area contributed by atoms with Gasteiger partial charge < -0.3 is 20.1 Å². The Bertz CT molecular complexity index is 1020. The molecule has 0 fully saturated rings. The molecule has 0 saturated heterocycles. The quantitative estimate of drug-likeness (QED) is 0.331. The monoisotopic (exact) mass is 458 g/mol. The number of anilines is 1. The van der Waals surface area contributed by atoms with Crippen LogP contribution in [0.5, 0.6) is 11.6 Å². The van der Waals surface area contributed by atoms with Crippen LogP contribution in [-0.4, -0.2) is 21.6 Å². The van der Waals surface area contributed by atoms with Crippen molar-refractivity contribution in [1.82, 2.24) is 4.98 Å². The molecule has 0 saturated carbocycles. The normalized spacial score (nSPS) is 11.9. The van der Waals surface area contributed by atoms with Gasteiger partial charge in [-0.15, -0.1) is 23.4 Å². The van der Waals surface area contributed by atoms with Gasteiger partial charge in [0.2, 0.25) is 11.0 Å². The number of rotatable bonds is 3. The summed E-state index contributed by atoms with van der Waals surface area (Å²) in [5, 5.41) is 20.6. The van der Waals surface area contributed by atoms with Crippen molar-refractivity contribution >= 4 is 55.5 Å². The van der Waals surface area contributed by atoms with E-state index in [1.165, 1.54) is 6.07 Å². The SMILES string of the molecule is Oc1[nH]c2ccc(OC(F)(F)F)cc2c1N=NC(=S)Nc1ccc(Br)cc1. The van der Waals surface area contributed by atoms with Gasteiger partial charge in [-0.1, -0.05) is 15.9 Å². The third kappa shape index (κ3) is 4.95. The number of alkyl halides is 3. The molecule has 3 N–H and O–H groups in total. The zero-order chi connectivity index (χ0) is 19.6. The number of halogens is 4. The Labute approximate surface area is 164 Å². The summed E-state index contributed by atoms with van der Waals surface area (Å²) in [5.74, 6) is -0.801. The molecule has 0 unspecified atom stereocenters. The number of fused-ring (bicyclic) bond motifs is 1. The molecule has 2 aromatic carbocycles. The third-order valence-corrected chi connectivity index (χ3v) is 4.01. The van der Waals surface area contributed by atoms with Crippen molar-refractivity contribution in [2.24, 2.45) is 10.2 Å². The lowest BCUT2D eigenvalue weighted by Crippen LogP contribution is -2.16. The molecule has 27 heavy (non-hydrogen) atoms. The number of H-pyrrole nitrogens is 1. The van der Waals surface area contributed by atoms with Gasteiger partial charge >= 0.3 is 6.36 Å². The molecular formula is C16H10BrF3N4O2S. The van der Waals surface area contributed by atoms with Crippen molar-refractivity contribution in [3.63, 3.8) is 0 Å². The third-order valence-electron chi connectivity index (χ3n) is 3.29. The summed E-state index contributed by atoms with van der Waals surface area (Å²) < 4.78 is 41.9. The van der Waals surface area contributed by atoms with Crippen LogP contribution < -0.4 is 10.1 Å². The molecule has 0 aliphatic heterocycles. The molecular weight excluding hydrogens is 449 g/mol. The molecule has 0 amide bonds. The molecule has 0 spiro atoms. The molecule has 0 atom stereocenters.